The maximum Gasteiger partial charge on any atom is 0.123 e. The second kappa shape index (κ2) is 7.99. The first kappa shape index (κ1) is 12.8. The minimum atomic E-state index is 0.691. The van der Waals surface area contributed by atoms with Crippen molar-refractivity contribution >= 4 is 0 Å². The van der Waals surface area contributed by atoms with E-state index < -0.39 is 0 Å². The van der Waals surface area contributed by atoms with Crippen LogP contribution in [0.2, 0.25) is 0 Å². The predicted octanol–water partition coefficient (Wildman–Crippen LogP) is 2.46. The van der Waals surface area contributed by atoms with E-state index in [9.17, 15) is 0 Å². The molecule has 3 heteroatoms. The summed E-state index contributed by atoms with van der Waals surface area (Å²) in [5.41, 5.74) is 0. The molecular formula is C13H21NO2. The molecule has 0 radical (unpaired) electrons. The minimum absolute atomic E-state index is 0.691. The summed E-state index contributed by atoms with van der Waals surface area (Å²) < 4.78 is 10.7. The second-order valence-corrected chi connectivity index (χ2v) is 3.63. The van der Waals surface area contributed by atoms with Crippen molar-refractivity contribution in [1.29, 1.82) is 0 Å². The Hall–Kier alpha value is -1.22. The lowest BCUT2D eigenvalue weighted by Crippen LogP contribution is -2.21. The zero-order valence-electron chi connectivity index (χ0n) is 10.2. The van der Waals surface area contributed by atoms with Crippen LogP contribution < -0.4 is 14.8 Å². The van der Waals surface area contributed by atoms with Gasteiger partial charge in [-0.2, -0.15) is 0 Å². The number of hydrogen-bond acceptors (Lipinski definition) is 3. The fourth-order valence-electron chi connectivity index (χ4n) is 1.36. The first-order valence-corrected chi connectivity index (χ1v) is 5.84. The molecule has 0 aliphatic rings. The third kappa shape index (κ3) is 5.03. The summed E-state index contributed by atoms with van der Waals surface area (Å²) in [6.45, 7) is 4.83. The van der Waals surface area contributed by atoms with Crippen molar-refractivity contribution in [2.24, 2.45) is 0 Å². The van der Waals surface area contributed by atoms with Crippen molar-refractivity contribution in [1.82, 2.24) is 5.32 Å². The zero-order valence-corrected chi connectivity index (χ0v) is 10.2. The van der Waals surface area contributed by atoms with Gasteiger partial charge in [0, 0.05) is 12.6 Å². The Morgan fingerprint density at radius 1 is 1.19 bits per heavy atom. The lowest BCUT2D eigenvalue weighted by Gasteiger charge is -2.08. The van der Waals surface area contributed by atoms with Gasteiger partial charge in [-0.15, -0.1) is 0 Å². The highest BCUT2D eigenvalue weighted by molar-refractivity contribution is 5.32. The van der Waals surface area contributed by atoms with Gasteiger partial charge in [-0.1, -0.05) is 19.4 Å². The van der Waals surface area contributed by atoms with E-state index >= 15 is 0 Å². The number of methoxy groups -OCH3 is 1. The van der Waals surface area contributed by atoms with Gasteiger partial charge in [0.15, 0.2) is 0 Å². The Balaban J connectivity index is 2.16. The van der Waals surface area contributed by atoms with Gasteiger partial charge in [0.2, 0.25) is 0 Å². The maximum atomic E-state index is 5.59. The lowest BCUT2D eigenvalue weighted by molar-refractivity contribution is 0.311. The lowest BCUT2D eigenvalue weighted by atomic mass is 10.3. The molecule has 16 heavy (non-hydrogen) atoms. The normalized spacial score (nSPS) is 10.1. The fraction of sp³-hybridized carbons (Fsp3) is 0.538. The Bertz CT molecular complexity index is 289. The number of unbranched alkanes of at least 4 members (excludes halogenated alkanes) is 1. The van der Waals surface area contributed by atoms with Gasteiger partial charge in [-0.3, -0.25) is 0 Å². The molecule has 1 aromatic carbocycles. The highest BCUT2D eigenvalue weighted by Crippen LogP contribution is 2.18. The van der Waals surface area contributed by atoms with Crippen LogP contribution in [-0.2, 0) is 0 Å². The minimum Gasteiger partial charge on any atom is -0.497 e. The molecule has 1 N–H and O–H groups in total. The maximum absolute atomic E-state index is 5.59. The summed E-state index contributed by atoms with van der Waals surface area (Å²) in [5, 5.41) is 3.33. The summed E-state index contributed by atoms with van der Waals surface area (Å²) in [6, 6.07) is 7.67. The molecule has 1 rings (SSSR count). The average Bonchev–Trinajstić information content (AvgIpc) is 2.34. The van der Waals surface area contributed by atoms with E-state index in [1.54, 1.807) is 7.11 Å². The molecule has 0 unspecified atom stereocenters. The molecule has 0 saturated carbocycles. The molecule has 3 nitrogen and oxygen atoms in total. The molecule has 0 amide bonds. The molecule has 0 heterocycles. The van der Waals surface area contributed by atoms with E-state index in [1.165, 1.54) is 12.8 Å². The van der Waals surface area contributed by atoms with Crippen LogP contribution in [0, 0.1) is 0 Å². The number of nitrogens with one attached hydrogen (secondary N) is 1. The Labute approximate surface area is 97.8 Å². The largest absolute Gasteiger partial charge is 0.497 e. The molecule has 0 saturated heterocycles. The average molecular weight is 223 g/mol. The van der Waals surface area contributed by atoms with Crippen LogP contribution >= 0.6 is 0 Å². The van der Waals surface area contributed by atoms with Crippen LogP contribution in [-0.4, -0.2) is 26.8 Å². The van der Waals surface area contributed by atoms with Crippen LogP contribution in [0.4, 0.5) is 0 Å². The number of rotatable bonds is 8. The van der Waals surface area contributed by atoms with Crippen LogP contribution in [0.15, 0.2) is 24.3 Å². The van der Waals surface area contributed by atoms with Crippen molar-refractivity contribution < 1.29 is 9.47 Å². The van der Waals surface area contributed by atoms with Crippen LogP contribution in [0.5, 0.6) is 11.5 Å². The van der Waals surface area contributed by atoms with Gasteiger partial charge in [-0.05, 0) is 25.1 Å². The van der Waals surface area contributed by atoms with Crippen molar-refractivity contribution in [3.8, 4) is 11.5 Å². The Kier molecular flexibility index (Phi) is 6.42. The molecule has 0 aliphatic carbocycles. The van der Waals surface area contributed by atoms with Crippen molar-refractivity contribution in [3.05, 3.63) is 24.3 Å². The third-order valence-corrected chi connectivity index (χ3v) is 2.30. The Morgan fingerprint density at radius 3 is 2.75 bits per heavy atom. The van der Waals surface area contributed by atoms with Gasteiger partial charge >= 0.3 is 0 Å². The summed E-state index contributed by atoms with van der Waals surface area (Å²) in [5.74, 6) is 1.69. The first-order chi connectivity index (χ1) is 7.86. The van der Waals surface area contributed by atoms with Gasteiger partial charge in [0.05, 0.1) is 7.11 Å². The number of hydrogen-bond donors (Lipinski definition) is 1. The molecule has 0 spiro atoms. The van der Waals surface area contributed by atoms with E-state index in [0.717, 1.165) is 24.6 Å². The van der Waals surface area contributed by atoms with Crippen molar-refractivity contribution in [2.45, 2.75) is 19.8 Å². The van der Waals surface area contributed by atoms with Gasteiger partial charge < -0.3 is 14.8 Å². The molecule has 0 fully saturated rings. The monoisotopic (exact) mass is 223 g/mol. The first-order valence-electron chi connectivity index (χ1n) is 5.84. The number of ether oxygens (including phenoxy) is 2. The van der Waals surface area contributed by atoms with Gasteiger partial charge in [0.25, 0.3) is 0 Å². The smallest absolute Gasteiger partial charge is 0.123 e. The number of benzene rings is 1. The summed E-state index contributed by atoms with van der Waals surface area (Å²) in [7, 11) is 1.66. The van der Waals surface area contributed by atoms with E-state index in [0.29, 0.717) is 6.61 Å². The quantitative estimate of drug-likeness (QED) is 0.687. The third-order valence-electron chi connectivity index (χ3n) is 2.30. The van der Waals surface area contributed by atoms with Crippen molar-refractivity contribution in [3.63, 3.8) is 0 Å². The van der Waals surface area contributed by atoms with E-state index in [1.807, 2.05) is 24.3 Å². The van der Waals surface area contributed by atoms with Gasteiger partial charge in [-0.25, -0.2) is 0 Å². The molecule has 0 aromatic heterocycles. The second-order valence-electron chi connectivity index (χ2n) is 3.63. The summed E-state index contributed by atoms with van der Waals surface area (Å²) >= 11 is 0. The zero-order chi connectivity index (χ0) is 11.6. The summed E-state index contributed by atoms with van der Waals surface area (Å²) in [6.07, 6.45) is 2.45. The van der Waals surface area contributed by atoms with Crippen molar-refractivity contribution in [2.75, 3.05) is 26.8 Å². The highest BCUT2D eigenvalue weighted by atomic mass is 16.5. The fourth-order valence-corrected chi connectivity index (χ4v) is 1.36. The molecule has 0 bridgehead atoms. The van der Waals surface area contributed by atoms with E-state index in [-0.39, 0.29) is 0 Å². The molecule has 90 valence electrons. The van der Waals surface area contributed by atoms with Gasteiger partial charge in [0.1, 0.15) is 18.1 Å². The van der Waals surface area contributed by atoms with Crippen LogP contribution in [0.1, 0.15) is 19.8 Å². The highest BCUT2D eigenvalue weighted by Gasteiger charge is 1.95. The molecule has 0 aliphatic heterocycles. The van der Waals surface area contributed by atoms with E-state index in [2.05, 4.69) is 12.2 Å². The molecular weight excluding hydrogens is 202 g/mol. The molecule has 0 atom stereocenters. The Morgan fingerprint density at radius 2 is 2.00 bits per heavy atom. The van der Waals surface area contributed by atoms with Crippen LogP contribution in [0.3, 0.4) is 0 Å². The topological polar surface area (TPSA) is 30.5 Å². The van der Waals surface area contributed by atoms with E-state index in [4.69, 9.17) is 9.47 Å². The summed E-state index contributed by atoms with van der Waals surface area (Å²) in [4.78, 5) is 0. The standard InChI is InChI=1S/C13H21NO2/c1-3-4-8-14-9-10-16-13-7-5-6-12(11-13)15-2/h5-7,11,14H,3-4,8-10H2,1-2H3. The predicted molar refractivity (Wildman–Crippen MR) is 66.3 cm³/mol. The van der Waals surface area contributed by atoms with Crippen LogP contribution in [0.25, 0.3) is 0 Å². The molecule has 1 aromatic rings. The SMILES string of the molecule is CCCCNCCOc1cccc(OC)c1.